The molecule has 4 aromatic rings. The normalized spacial score (nSPS) is 15.0. The van der Waals surface area contributed by atoms with Gasteiger partial charge >= 0.3 is 6.03 Å². The van der Waals surface area contributed by atoms with E-state index in [-0.39, 0.29) is 37.1 Å². The number of aromatic amines is 1. The van der Waals surface area contributed by atoms with Crippen LogP contribution < -0.4 is 31.9 Å². The molecule has 58 heavy (non-hydrogen) atoms. The van der Waals surface area contributed by atoms with E-state index in [1.807, 2.05) is 24.4 Å². The number of nitrogens with zero attached hydrogens (tertiary/aromatic N) is 1. The topological polar surface area (TPSA) is 238 Å². The summed E-state index contributed by atoms with van der Waals surface area (Å²) in [5.74, 6) is -3.18. The fourth-order valence-electron chi connectivity index (χ4n) is 6.09. The smallest absolute Gasteiger partial charge is 0.323 e. The number of piperidine rings is 1. The summed E-state index contributed by atoms with van der Waals surface area (Å²) in [7, 11) is 0. The zero-order valence-corrected chi connectivity index (χ0v) is 31.3. The third-order valence-corrected chi connectivity index (χ3v) is 8.91. The van der Waals surface area contributed by atoms with Gasteiger partial charge in [0, 0.05) is 71.5 Å². The molecule has 0 spiro atoms. The lowest BCUT2D eigenvalue weighted by Crippen LogP contribution is -2.54. The van der Waals surface area contributed by atoms with Crippen molar-refractivity contribution in [1.29, 1.82) is 0 Å². The van der Waals surface area contributed by atoms with E-state index in [2.05, 4.69) is 36.9 Å². The van der Waals surface area contributed by atoms with Crippen LogP contribution in [0.2, 0.25) is 0 Å². The molecule has 0 aliphatic carbocycles. The van der Waals surface area contributed by atoms with Crippen molar-refractivity contribution in [3.63, 3.8) is 0 Å². The third kappa shape index (κ3) is 11.1. The Bertz CT molecular complexity index is 2200. The zero-order chi connectivity index (χ0) is 40.9. The highest BCUT2D eigenvalue weighted by atomic mass is 16.5. The molecule has 18 nitrogen and oxygen atoms in total. The van der Waals surface area contributed by atoms with Gasteiger partial charge in [0.15, 0.2) is 0 Å². The first-order valence-electron chi connectivity index (χ1n) is 18.5. The minimum atomic E-state index is -1.02. The Balaban J connectivity index is 0.754. The van der Waals surface area contributed by atoms with E-state index >= 15 is 0 Å². The lowest BCUT2D eigenvalue weighted by atomic mass is 10.0. The maximum Gasteiger partial charge on any atom is 0.323 e. The summed E-state index contributed by atoms with van der Waals surface area (Å²) in [5, 5.41) is 17.1. The van der Waals surface area contributed by atoms with Crippen molar-refractivity contribution < 1.29 is 47.8 Å². The predicted molar refractivity (Wildman–Crippen MR) is 212 cm³/mol. The summed E-state index contributed by atoms with van der Waals surface area (Å²) in [6.45, 7) is 2.55. The molecular weight excluding hydrogens is 752 g/mol. The van der Waals surface area contributed by atoms with Crippen LogP contribution in [0, 0.1) is 0 Å². The van der Waals surface area contributed by atoms with E-state index in [4.69, 9.17) is 14.2 Å². The van der Waals surface area contributed by atoms with Crippen molar-refractivity contribution >= 4 is 75.1 Å². The van der Waals surface area contributed by atoms with Crippen LogP contribution >= 0.6 is 0 Å². The van der Waals surface area contributed by atoms with Crippen LogP contribution in [0.1, 0.15) is 33.6 Å². The van der Waals surface area contributed by atoms with Crippen LogP contribution in [0.25, 0.3) is 10.9 Å². The van der Waals surface area contributed by atoms with Gasteiger partial charge in [-0.2, -0.15) is 0 Å². The van der Waals surface area contributed by atoms with Crippen LogP contribution in [-0.4, -0.2) is 110 Å². The van der Waals surface area contributed by atoms with Crippen molar-refractivity contribution in [2.24, 2.45) is 0 Å². The number of fused-ring (bicyclic) bond motifs is 2. The summed E-state index contributed by atoms with van der Waals surface area (Å²) in [5.41, 5.74) is 3.63. The van der Waals surface area contributed by atoms with E-state index in [9.17, 15) is 33.6 Å². The molecule has 2 aliphatic rings. The molecule has 1 unspecified atom stereocenters. The Morgan fingerprint density at radius 3 is 2.03 bits per heavy atom. The second-order valence-electron chi connectivity index (χ2n) is 13.0. The largest absolute Gasteiger partial charge is 0.383 e. The Hall–Kier alpha value is -6.89. The van der Waals surface area contributed by atoms with Crippen LogP contribution in [0.3, 0.4) is 0 Å². The standard InChI is InChI=1S/C40H42N8O10/c49-34(11-12-35(50)44-26-1-3-27(4-2-26)45-40(55)46-29-6-8-32-25(23-29)13-14-42-32)43-16-18-57-20-22-58-21-19-56-17-15-41-28-5-7-30-31(24-28)39(54)48(38(30)53)33-9-10-36(51)47-37(33)52/h1-8,11-14,23-24,33,41-42H,9-10,15-22H2,(H,43,49)(H,44,50)(H2,45,46,55)(H,47,51,52)/b12-11+. The minimum absolute atomic E-state index is 0.0549. The second kappa shape index (κ2) is 19.8. The number of hydrogen-bond donors (Lipinski definition) is 7. The number of ether oxygens (including phenoxy) is 3. The molecule has 7 N–H and O–H groups in total. The number of amides is 8. The van der Waals surface area contributed by atoms with Gasteiger partial charge in [-0.1, -0.05) is 0 Å². The predicted octanol–water partition coefficient (Wildman–Crippen LogP) is 2.99. The maximum atomic E-state index is 13.0. The van der Waals surface area contributed by atoms with Crippen molar-refractivity contribution in [1.82, 2.24) is 20.5 Å². The SMILES string of the molecule is O=C(/C=C/C(=O)Nc1ccc(NC(=O)Nc2ccc3[nH]ccc3c2)cc1)NCCOCCOCCOCCNc1ccc2c(c1)C(=O)N(C1CCC(=O)NC1=O)C2=O. The van der Waals surface area contributed by atoms with Gasteiger partial charge in [0.1, 0.15) is 6.04 Å². The van der Waals surface area contributed by atoms with Gasteiger partial charge in [-0.15, -0.1) is 0 Å². The van der Waals surface area contributed by atoms with Crippen LogP contribution in [-0.2, 0) is 33.4 Å². The fourth-order valence-corrected chi connectivity index (χ4v) is 6.09. The number of carbonyl (C=O) groups is 7. The van der Waals surface area contributed by atoms with E-state index in [0.29, 0.717) is 62.3 Å². The summed E-state index contributed by atoms with van der Waals surface area (Å²) >= 11 is 0. The van der Waals surface area contributed by atoms with E-state index < -0.39 is 47.5 Å². The van der Waals surface area contributed by atoms with Crippen LogP contribution in [0.4, 0.5) is 27.5 Å². The number of carbonyl (C=O) groups excluding carboxylic acids is 7. The molecule has 1 fully saturated rings. The molecule has 18 heteroatoms. The Labute approximate surface area is 332 Å². The molecule has 302 valence electrons. The van der Waals surface area contributed by atoms with E-state index in [0.717, 1.165) is 28.0 Å². The van der Waals surface area contributed by atoms with Gasteiger partial charge in [0.2, 0.25) is 23.6 Å². The molecule has 1 saturated heterocycles. The van der Waals surface area contributed by atoms with Gasteiger partial charge in [-0.25, -0.2) is 4.79 Å². The van der Waals surface area contributed by atoms with Crippen molar-refractivity contribution in [3.8, 4) is 0 Å². The summed E-state index contributed by atoms with van der Waals surface area (Å²) in [6, 6.07) is 17.3. The van der Waals surface area contributed by atoms with Gasteiger partial charge < -0.3 is 45.8 Å². The molecule has 0 saturated carbocycles. The number of benzene rings is 3. The first-order chi connectivity index (χ1) is 28.1. The molecule has 3 heterocycles. The first-order valence-corrected chi connectivity index (χ1v) is 18.5. The Morgan fingerprint density at radius 2 is 1.29 bits per heavy atom. The number of rotatable bonds is 19. The lowest BCUT2D eigenvalue weighted by Gasteiger charge is -2.27. The van der Waals surface area contributed by atoms with Gasteiger partial charge in [0.05, 0.1) is 50.8 Å². The number of H-pyrrole nitrogens is 1. The molecule has 0 radical (unpaired) electrons. The number of hydrogen-bond acceptors (Lipinski definition) is 11. The van der Waals surface area contributed by atoms with Crippen molar-refractivity contribution in [3.05, 3.63) is 96.2 Å². The molecule has 2 aliphatic heterocycles. The zero-order valence-electron chi connectivity index (χ0n) is 31.3. The van der Waals surface area contributed by atoms with Gasteiger partial charge in [-0.3, -0.25) is 39.0 Å². The molecule has 0 bridgehead atoms. The van der Waals surface area contributed by atoms with E-state index in [1.165, 1.54) is 6.07 Å². The summed E-state index contributed by atoms with van der Waals surface area (Å²) < 4.78 is 16.5. The van der Waals surface area contributed by atoms with Crippen LogP contribution in [0.15, 0.2) is 85.1 Å². The first kappa shape index (κ1) is 40.8. The molecule has 6 rings (SSSR count). The summed E-state index contributed by atoms with van der Waals surface area (Å²) in [4.78, 5) is 90.3. The second-order valence-corrected chi connectivity index (χ2v) is 13.0. The number of imide groups is 2. The molecule has 1 atom stereocenters. The minimum Gasteiger partial charge on any atom is -0.383 e. The maximum absolute atomic E-state index is 13.0. The van der Waals surface area contributed by atoms with Gasteiger partial charge in [-0.05, 0) is 73.2 Å². The molecule has 8 amide bonds. The molecular formula is C40H42N8O10. The van der Waals surface area contributed by atoms with Gasteiger partial charge in [0.25, 0.3) is 11.8 Å². The van der Waals surface area contributed by atoms with Crippen LogP contribution in [0.5, 0.6) is 0 Å². The molecule has 3 aromatic carbocycles. The fraction of sp³-hybridized carbons (Fsp3) is 0.275. The lowest BCUT2D eigenvalue weighted by molar-refractivity contribution is -0.136. The third-order valence-electron chi connectivity index (χ3n) is 8.91. The number of nitrogens with one attached hydrogen (secondary N) is 7. The number of aromatic nitrogens is 1. The Morgan fingerprint density at radius 1 is 0.672 bits per heavy atom. The average Bonchev–Trinajstić information content (AvgIpc) is 3.77. The highest BCUT2D eigenvalue weighted by Crippen LogP contribution is 2.29. The van der Waals surface area contributed by atoms with E-state index in [1.54, 1.807) is 42.5 Å². The van der Waals surface area contributed by atoms with Crippen molar-refractivity contribution in [2.75, 3.05) is 74.0 Å². The van der Waals surface area contributed by atoms with Crippen molar-refractivity contribution in [2.45, 2.75) is 18.9 Å². The Kier molecular flexibility index (Phi) is 13.9. The highest BCUT2D eigenvalue weighted by Gasteiger charge is 2.44. The highest BCUT2D eigenvalue weighted by molar-refractivity contribution is 6.23. The quantitative estimate of drug-likeness (QED) is 0.0414. The number of urea groups is 1. The monoisotopic (exact) mass is 794 g/mol. The number of anilines is 4. The molecule has 1 aromatic heterocycles. The average molecular weight is 795 g/mol. The summed E-state index contributed by atoms with van der Waals surface area (Å²) in [6.07, 6.45) is 4.20.